The molecule has 0 unspecified atom stereocenters. The van der Waals surface area contributed by atoms with Gasteiger partial charge in [0, 0.05) is 18.0 Å². The number of benzene rings is 1. The maximum absolute atomic E-state index is 9.25. The van der Waals surface area contributed by atoms with E-state index in [0.29, 0.717) is 0 Å². The van der Waals surface area contributed by atoms with Gasteiger partial charge in [0.2, 0.25) is 0 Å². The summed E-state index contributed by atoms with van der Waals surface area (Å²) in [6.45, 7) is 8.64. The maximum Gasteiger partial charge on any atom is 0.137 e. The van der Waals surface area contributed by atoms with Crippen LogP contribution in [0.15, 0.2) is 30.6 Å². The van der Waals surface area contributed by atoms with Crippen LogP contribution in [0.2, 0.25) is 0 Å². The van der Waals surface area contributed by atoms with Crippen LogP contribution in [-0.2, 0) is 6.61 Å². The molecule has 21 heavy (non-hydrogen) atoms. The lowest BCUT2D eigenvalue weighted by Gasteiger charge is -2.13. The van der Waals surface area contributed by atoms with Crippen LogP contribution in [0.3, 0.4) is 0 Å². The van der Waals surface area contributed by atoms with E-state index in [-0.39, 0.29) is 6.61 Å². The molecule has 0 amide bonds. The van der Waals surface area contributed by atoms with Crippen molar-refractivity contribution in [1.82, 2.24) is 9.38 Å². The van der Waals surface area contributed by atoms with Gasteiger partial charge in [-0.3, -0.25) is 0 Å². The first kappa shape index (κ1) is 13.8. The van der Waals surface area contributed by atoms with Crippen LogP contribution in [0.25, 0.3) is 16.9 Å². The van der Waals surface area contributed by atoms with Crippen LogP contribution in [0.1, 0.15) is 27.8 Å². The van der Waals surface area contributed by atoms with Gasteiger partial charge in [0.05, 0.1) is 12.3 Å². The van der Waals surface area contributed by atoms with Crippen LogP contribution in [0.5, 0.6) is 0 Å². The van der Waals surface area contributed by atoms with Crippen molar-refractivity contribution in [2.45, 2.75) is 34.3 Å². The van der Waals surface area contributed by atoms with Crippen LogP contribution in [0, 0.1) is 27.7 Å². The number of nitrogens with zero attached hydrogens (tertiary/aromatic N) is 2. The quantitative estimate of drug-likeness (QED) is 0.776. The Morgan fingerprint density at radius 1 is 1.00 bits per heavy atom. The van der Waals surface area contributed by atoms with E-state index >= 15 is 0 Å². The van der Waals surface area contributed by atoms with E-state index in [1.807, 2.05) is 28.9 Å². The van der Waals surface area contributed by atoms with E-state index in [9.17, 15) is 5.11 Å². The molecule has 0 saturated carbocycles. The molecule has 3 aromatic rings. The molecule has 0 aliphatic rings. The molecule has 0 spiro atoms. The zero-order valence-corrected chi connectivity index (χ0v) is 12.9. The van der Waals surface area contributed by atoms with Crippen molar-refractivity contribution < 1.29 is 5.11 Å². The van der Waals surface area contributed by atoms with Gasteiger partial charge in [-0.05, 0) is 61.6 Å². The largest absolute Gasteiger partial charge is 0.392 e. The normalized spacial score (nSPS) is 11.3. The number of aliphatic hydroxyl groups is 1. The number of fused-ring (bicyclic) bond motifs is 1. The van der Waals surface area contributed by atoms with E-state index in [4.69, 9.17) is 4.98 Å². The molecule has 0 aliphatic carbocycles. The Morgan fingerprint density at radius 2 is 1.67 bits per heavy atom. The highest BCUT2D eigenvalue weighted by molar-refractivity contribution is 5.72. The molecule has 1 aromatic carbocycles. The lowest BCUT2D eigenvalue weighted by Crippen LogP contribution is -1.95. The molecule has 3 heteroatoms. The van der Waals surface area contributed by atoms with Crippen LogP contribution >= 0.6 is 0 Å². The Morgan fingerprint density at radius 3 is 2.29 bits per heavy atom. The third-order valence-electron chi connectivity index (χ3n) is 4.32. The Hall–Kier alpha value is -2.13. The second kappa shape index (κ2) is 5.01. The van der Waals surface area contributed by atoms with Gasteiger partial charge in [0.1, 0.15) is 5.65 Å². The monoisotopic (exact) mass is 280 g/mol. The maximum atomic E-state index is 9.25. The van der Waals surface area contributed by atoms with Crippen LogP contribution < -0.4 is 0 Å². The van der Waals surface area contributed by atoms with Crippen molar-refractivity contribution in [3.8, 4) is 11.3 Å². The molecule has 0 radical (unpaired) electrons. The van der Waals surface area contributed by atoms with Gasteiger partial charge in [-0.2, -0.15) is 0 Å². The average Bonchev–Trinajstić information content (AvgIpc) is 2.87. The predicted octanol–water partition coefficient (Wildman–Crippen LogP) is 3.73. The van der Waals surface area contributed by atoms with Crippen molar-refractivity contribution in [2.75, 3.05) is 0 Å². The SMILES string of the molecule is Cc1cc(C)c(C)c(-c2cn3cc(CO)ccc3n2)c1C. The Bertz CT molecular complexity index is 805. The zero-order valence-electron chi connectivity index (χ0n) is 12.9. The molecule has 3 rings (SSSR count). The summed E-state index contributed by atoms with van der Waals surface area (Å²) in [4.78, 5) is 4.74. The van der Waals surface area contributed by atoms with Crippen LogP contribution in [0.4, 0.5) is 0 Å². The summed E-state index contributed by atoms with van der Waals surface area (Å²) >= 11 is 0. The van der Waals surface area contributed by atoms with Crippen molar-refractivity contribution in [1.29, 1.82) is 0 Å². The highest BCUT2D eigenvalue weighted by Gasteiger charge is 2.13. The van der Waals surface area contributed by atoms with Gasteiger partial charge < -0.3 is 9.51 Å². The molecule has 0 bridgehead atoms. The number of aryl methyl sites for hydroxylation is 2. The highest BCUT2D eigenvalue weighted by Crippen LogP contribution is 2.31. The number of hydrogen-bond donors (Lipinski definition) is 1. The second-order valence-electron chi connectivity index (χ2n) is 5.72. The van der Waals surface area contributed by atoms with Crippen LogP contribution in [-0.4, -0.2) is 14.5 Å². The third-order valence-corrected chi connectivity index (χ3v) is 4.32. The average molecular weight is 280 g/mol. The number of pyridine rings is 1. The first-order chi connectivity index (χ1) is 10.0. The van der Waals surface area contributed by atoms with E-state index in [2.05, 4.69) is 33.8 Å². The molecule has 1 N–H and O–H groups in total. The smallest absolute Gasteiger partial charge is 0.137 e. The minimum atomic E-state index is 0.0467. The van der Waals surface area contributed by atoms with Crippen molar-refractivity contribution in [3.05, 3.63) is 58.4 Å². The topological polar surface area (TPSA) is 37.5 Å². The molecule has 2 heterocycles. The van der Waals surface area contributed by atoms with Gasteiger partial charge in [-0.25, -0.2) is 4.98 Å². The van der Waals surface area contributed by atoms with Gasteiger partial charge in [0.15, 0.2) is 0 Å². The molecule has 108 valence electrons. The number of aliphatic hydroxyl groups excluding tert-OH is 1. The fraction of sp³-hybridized carbons (Fsp3) is 0.278. The summed E-state index contributed by atoms with van der Waals surface area (Å²) in [6, 6.07) is 6.09. The molecule has 0 aliphatic heterocycles. The van der Waals surface area contributed by atoms with Gasteiger partial charge in [-0.1, -0.05) is 12.1 Å². The fourth-order valence-corrected chi connectivity index (χ4v) is 2.85. The van der Waals surface area contributed by atoms with Gasteiger partial charge >= 0.3 is 0 Å². The van der Waals surface area contributed by atoms with Crippen molar-refractivity contribution in [3.63, 3.8) is 0 Å². The fourth-order valence-electron chi connectivity index (χ4n) is 2.85. The Labute approximate surface area is 124 Å². The first-order valence-corrected chi connectivity index (χ1v) is 7.17. The Kier molecular flexibility index (Phi) is 3.30. The summed E-state index contributed by atoms with van der Waals surface area (Å²) in [6.07, 6.45) is 3.97. The number of rotatable bonds is 2. The van der Waals surface area contributed by atoms with Gasteiger partial charge in [-0.15, -0.1) is 0 Å². The number of hydrogen-bond acceptors (Lipinski definition) is 2. The van der Waals surface area contributed by atoms with Gasteiger partial charge in [0.25, 0.3) is 0 Å². The number of aromatic nitrogens is 2. The summed E-state index contributed by atoms with van der Waals surface area (Å²) in [5.41, 5.74) is 9.16. The number of imidazole rings is 1. The summed E-state index contributed by atoms with van der Waals surface area (Å²) in [5, 5.41) is 9.25. The Balaban J connectivity index is 2.26. The lowest BCUT2D eigenvalue weighted by molar-refractivity contribution is 0.281. The summed E-state index contributed by atoms with van der Waals surface area (Å²) in [5.74, 6) is 0. The third kappa shape index (κ3) is 2.24. The summed E-state index contributed by atoms with van der Waals surface area (Å²) in [7, 11) is 0. The molecular weight excluding hydrogens is 260 g/mol. The minimum Gasteiger partial charge on any atom is -0.392 e. The molecular formula is C18H20N2O. The standard InChI is InChI=1S/C18H20N2O/c1-11-7-12(2)14(4)18(13(11)3)16-9-20-8-15(10-21)5-6-17(20)19-16/h5-9,21H,10H2,1-4H3. The van der Waals surface area contributed by atoms with E-state index in [1.54, 1.807) is 0 Å². The van der Waals surface area contributed by atoms with Crippen molar-refractivity contribution in [2.24, 2.45) is 0 Å². The highest BCUT2D eigenvalue weighted by atomic mass is 16.3. The second-order valence-corrected chi connectivity index (χ2v) is 5.72. The lowest BCUT2D eigenvalue weighted by atomic mass is 9.93. The molecule has 2 aromatic heterocycles. The first-order valence-electron chi connectivity index (χ1n) is 7.17. The summed E-state index contributed by atoms with van der Waals surface area (Å²) < 4.78 is 1.98. The predicted molar refractivity (Wildman–Crippen MR) is 85.5 cm³/mol. The molecule has 3 nitrogen and oxygen atoms in total. The minimum absolute atomic E-state index is 0.0467. The van der Waals surface area contributed by atoms with E-state index in [1.165, 1.54) is 27.8 Å². The van der Waals surface area contributed by atoms with E-state index in [0.717, 1.165) is 16.9 Å². The van der Waals surface area contributed by atoms with E-state index < -0.39 is 0 Å². The molecule has 0 fully saturated rings. The molecule has 0 atom stereocenters. The zero-order chi connectivity index (χ0) is 15.1. The molecule has 0 saturated heterocycles. The van der Waals surface area contributed by atoms with Crippen molar-refractivity contribution >= 4 is 5.65 Å².